The molecule has 0 aliphatic carbocycles. The zero-order chi connectivity index (χ0) is 19.3. The van der Waals surface area contributed by atoms with Crippen LogP contribution in [0.15, 0.2) is 42.5 Å². The maximum absolute atomic E-state index is 12.3. The molecule has 1 amide bonds. The summed E-state index contributed by atoms with van der Waals surface area (Å²) < 4.78 is 10.8. The number of hydrogen-bond acceptors (Lipinski definition) is 6. The fraction of sp³-hybridized carbons (Fsp3) is 0.222. The van der Waals surface area contributed by atoms with Crippen molar-refractivity contribution in [3.05, 3.63) is 58.1 Å². The molecule has 2 rings (SSSR count). The van der Waals surface area contributed by atoms with E-state index in [0.29, 0.717) is 11.3 Å². The van der Waals surface area contributed by atoms with E-state index in [1.807, 2.05) is 0 Å². The second kappa shape index (κ2) is 8.11. The first-order valence-electron chi connectivity index (χ1n) is 7.73. The number of carbonyl (C=O) groups excluding carboxylic acids is 2. The van der Waals surface area contributed by atoms with E-state index in [9.17, 15) is 19.7 Å². The highest BCUT2D eigenvalue weighted by Crippen LogP contribution is 2.30. The monoisotopic (exact) mass is 358 g/mol. The quantitative estimate of drug-likeness (QED) is 0.462. The van der Waals surface area contributed by atoms with E-state index in [2.05, 4.69) is 5.32 Å². The Balaban J connectivity index is 2.15. The number of nitro benzene ring substituents is 1. The molecule has 8 nitrogen and oxygen atoms in total. The first-order chi connectivity index (χ1) is 12.3. The number of ether oxygens (including phenoxy) is 2. The second-order valence-corrected chi connectivity index (χ2v) is 5.45. The number of anilines is 1. The van der Waals surface area contributed by atoms with Crippen molar-refractivity contribution in [2.45, 2.75) is 20.0 Å². The van der Waals surface area contributed by atoms with Gasteiger partial charge in [0.15, 0.2) is 23.4 Å². The zero-order valence-corrected chi connectivity index (χ0v) is 14.5. The third-order valence-corrected chi connectivity index (χ3v) is 3.60. The summed E-state index contributed by atoms with van der Waals surface area (Å²) in [6, 6.07) is 10.4. The van der Waals surface area contributed by atoms with Crippen molar-refractivity contribution in [3.63, 3.8) is 0 Å². The maximum Gasteiger partial charge on any atom is 0.292 e. The molecule has 26 heavy (non-hydrogen) atoms. The summed E-state index contributed by atoms with van der Waals surface area (Å²) >= 11 is 0. The van der Waals surface area contributed by atoms with Crippen LogP contribution in [0.5, 0.6) is 11.5 Å². The summed E-state index contributed by atoms with van der Waals surface area (Å²) in [5, 5.41) is 13.5. The fourth-order valence-electron chi connectivity index (χ4n) is 2.20. The fourth-order valence-corrected chi connectivity index (χ4v) is 2.20. The van der Waals surface area contributed by atoms with E-state index < -0.39 is 16.9 Å². The highest BCUT2D eigenvalue weighted by atomic mass is 16.6. The molecule has 2 aromatic rings. The van der Waals surface area contributed by atoms with Gasteiger partial charge in [-0.25, -0.2) is 0 Å². The lowest BCUT2D eigenvalue weighted by Crippen LogP contribution is -2.30. The predicted molar refractivity (Wildman–Crippen MR) is 94.8 cm³/mol. The molecule has 2 aromatic carbocycles. The van der Waals surface area contributed by atoms with Gasteiger partial charge in [0, 0.05) is 11.6 Å². The number of nitrogens with one attached hydrogen (secondary N) is 1. The highest BCUT2D eigenvalue weighted by molar-refractivity contribution is 5.96. The minimum atomic E-state index is -0.952. The number of ketones is 1. The number of nitro groups is 1. The minimum absolute atomic E-state index is 0.0804. The van der Waals surface area contributed by atoms with Gasteiger partial charge in [0.25, 0.3) is 11.6 Å². The first-order valence-corrected chi connectivity index (χ1v) is 7.73. The molecule has 0 spiro atoms. The van der Waals surface area contributed by atoms with Gasteiger partial charge < -0.3 is 14.8 Å². The Morgan fingerprint density at radius 3 is 2.46 bits per heavy atom. The van der Waals surface area contributed by atoms with Gasteiger partial charge in [0.2, 0.25) is 0 Å². The second-order valence-electron chi connectivity index (χ2n) is 5.45. The average molecular weight is 358 g/mol. The Bertz CT molecular complexity index is 849. The van der Waals surface area contributed by atoms with Gasteiger partial charge in [-0.2, -0.15) is 0 Å². The standard InChI is InChI=1S/C18H18N2O6/c1-11(21)13-8-9-16(17(10-13)25-3)26-12(2)18(22)19-14-6-4-5-7-15(14)20(23)24/h4-10,12H,1-3H3,(H,19,22)/t12-/m0/s1. The Hall–Kier alpha value is -3.42. The van der Waals surface area contributed by atoms with Crippen LogP contribution in [0.4, 0.5) is 11.4 Å². The Kier molecular flexibility index (Phi) is 5.90. The van der Waals surface area contributed by atoms with Gasteiger partial charge >= 0.3 is 0 Å². The van der Waals surface area contributed by atoms with Crippen molar-refractivity contribution in [2.75, 3.05) is 12.4 Å². The van der Waals surface area contributed by atoms with Crippen LogP contribution < -0.4 is 14.8 Å². The van der Waals surface area contributed by atoms with Crippen molar-refractivity contribution in [3.8, 4) is 11.5 Å². The number of rotatable bonds is 7. The van der Waals surface area contributed by atoms with Crippen molar-refractivity contribution in [1.29, 1.82) is 0 Å². The van der Waals surface area contributed by atoms with Crippen LogP contribution in [-0.4, -0.2) is 29.8 Å². The van der Waals surface area contributed by atoms with E-state index in [4.69, 9.17) is 9.47 Å². The molecule has 0 saturated carbocycles. The lowest BCUT2D eigenvalue weighted by molar-refractivity contribution is -0.383. The van der Waals surface area contributed by atoms with Crippen LogP contribution in [-0.2, 0) is 4.79 Å². The number of nitrogens with zero attached hydrogens (tertiary/aromatic N) is 1. The minimum Gasteiger partial charge on any atom is -0.493 e. The third kappa shape index (κ3) is 4.35. The lowest BCUT2D eigenvalue weighted by Gasteiger charge is -2.17. The van der Waals surface area contributed by atoms with Gasteiger partial charge in [-0.15, -0.1) is 0 Å². The predicted octanol–water partition coefficient (Wildman–Crippen LogP) is 3.21. The molecule has 0 radical (unpaired) electrons. The molecule has 136 valence electrons. The topological polar surface area (TPSA) is 108 Å². The largest absolute Gasteiger partial charge is 0.493 e. The molecule has 0 aliphatic heterocycles. The van der Waals surface area contributed by atoms with Crippen LogP contribution in [0.2, 0.25) is 0 Å². The molecule has 0 bridgehead atoms. The summed E-state index contributed by atoms with van der Waals surface area (Å²) in [5.41, 5.74) is 0.319. The average Bonchev–Trinajstić information content (AvgIpc) is 2.61. The molecule has 0 saturated heterocycles. The van der Waals surface area contributed by atoms with E-state index in [0.717, 1.165) is 0 Å². The molecule has 0 unspecified atom stereocenters. The smallest absolute Gasteiger partial charge is 0.292 e. The lowest BCUT2D eigenvalue weighted by atomic mass is 10.1. The zero-order valence-electron chi connectivity index (χ0n) is 14.5. The van der Waals surface area contributed by atoms with Crippen LogP contribution in [0.3, 0.4) is 0 Å². The Labute approximate surface area is 149 Å². The molecule has 1 N–H and O–H groups in total. The number of benzene rings is 2. The van der Waals surface area contributed by atoms with E-state index in [1.165, 1.54) is 51.3 Å². The molecule has 0 aliphatic rings. The van der Waals surface area contributed by atoms with Crippen LogP contribution in [0, 0.1) is 10.1 Å². The Morgan fingerprint density at radius 2 is 1.85 bits per heavy atom. The number of para-hydroxylation sites is 2. The molecule has 0 fully saturated rings. The first kappa shape index (κ1) is 18.9. The molecule has 0 heterocycles. The summed E-state index contributed by atoms with van der Waals surface area (Å²) in [6.45, 7) is 2.93. The molecule has 1 atom stereocenters. The van der Waals surface area contributed by atoms with Crippen molar-refractivity contribution >= 4 is 23.1 Å². The van der Waals surface area contributed by atoms with E-state index in [1.54, 1.807) is 12.1 Å². The number of amides is 1. The van der Waals surface area contributed by atoms with Crippen LogP contribution >= 0.6 is 0 Å². The normalized spacial score (nSPS) is 11.3. The molecule has 0 aromatic heterocycles. The summed E-state index contributed by atoms with van der Waals surface area (Å²) in [6.07, 6.45) is -0.952. The van der Waals surface area contributed by atoms with Gasteiger partial charge in [-0.3, -0.25) is 19.7 Å². The number of methoxy groups -OCH3 is 1. The maximum atomic E-state index is 12.3. The molecular weight excluding hydrogens is 340 g/mol. The highest BCUT2D eigenvalue weighted by Gasteiger charge is 2.21. The van der Waals surface area contributed by atoms with Gasteiger partial charge in [-0.05, 0) is 38.1 Å². The number of Topliss-reactive ketones (excluding diaryl/α,β-unsaturated/α-hetero) is 1. The molecule has 8 heteroatoms. The van der Waals surface area contributed by atoms with E-state index >= 15 is 0 Å². The van der Waals surface area contributed by atoms with E-state index in [-0.39, 0.29) is 22.9 Å². The SMILES string of the molecule is COc1cc(C(C)=O)ccc1O[C@@H](C)C(=O)Nc1ccccc1[N+](=O)[O-]. The van der Waals surface area contributed by atoms with Crippen LogP contribution in [0.25, 0.3) is 0 Å². The molecular formula is C18H18N2O6. The third-order valence-electron chi connectivity index (χ3n) is 3.60. The number of carbonyl (C=O) groups is 2. The Morgan fingerprint density at radius 1 is 1.15 bits per heavy atom. The van der Waals surface area contributed by atoms with Gasteiger partial charge in [-0.1, -0.05) is 12.1 Å². The van der Waals surface area contributed by atoms with Crippen LogP contribution in [0.1, 0.15) is 24.2 Å². The van der Waals surface area contributed by atoms with Gasteiger partial charge in [0.1, 0.15) is 5.69 Å². The number of hydrogen-bond donors (Lipinski definition) is 1. The summed E-state index contributed by atoms with van der Waals surface area (Å²) in [5.74, 6) is -0.0974. The van der Waals surface area contributed by atoms with Gasteiger partial charge in [0.05, 0.1) is 12.0 Å². The van der Waals surface area contributed by atoms with Crippen molar-refractivity contribution in [1.82, 2.24) is 0 Å². The summed E-state index contributed by atoms with van der Waals surface area (Å²) in [7, 11) is 1.42. The van der Waals surface area contributed by atoms with Crippen molar-refractivity contribution < 1.29 is 24.0 Å². The van der Waals surface area contributed by atoms with Crippen molar-refractivity contribution in [2.24, 2.45) is 0 Å². The summed E-state index contributed by atoms with van der Waals surface area (Å²) in [4.78, 5) is 34.2.